The highest BCUT2D eigenvalue weighted by Gasteiger charge is 2.38. The SMILES string of the molecule is Cc1nc(C2CCCS2(=O)=O)c(C(=O)O)o1. The highest BCUT2D eigenvalue weighted by atomic mass is 32.2. The summed E-state index contributed by atoms with van der Waals surface area (Å²) < 4.78 is 28.3. The maximum Gasteiger partial charge on any atom is 0.373 e. The van der Waals surface area contributed by atoms with E-state index in [9.17, 15) is 13.2 Å². The van der Waals surface area contributed by atoms with Crippen molar-refractivity contribution in [2.75, 3.05) is 5.75 Å². The Labute approximate surface area is 92.2 Å². The fourth-order valence-electron chi connectivity index (χ4n) is 1.91. The Morgan fingerprint density at radius 3 is 2.75 bits per heavy atom. The van der Waals surface area contributed by atoms with Crippen molar-refractivity contribution in [3.8, 4) is 0 Å². The molecule has 1 atom stereocenters. The Kier molecular flexibility index (Phi) is 2.49. The standard InChI is InChI=1S/C9H11NO5S/c1-5-10-7(8(15-5)9(11)12)6-3-2-4-16(6,13)14/h6H,2-4H2,1H3,(H,11,12). The molecule has 0 saturated carbocycles. The minimum atomic E-state index is -3.27. The van der Waals surface area contributed by atoms with Crippen LogP contribution in [0.5, 0.6) is 0 Å². The summed E-state index contributed by atoms with van der Waals surface area (Å²) in [6.45, 7) is 1.50. The molecule has 1 saturated heterocycles. The highest BCUT2D eigenvalue weighted by Crippen LogP contribution is 2.35. The van der Waals surface area contributed by atoms with Gasteiger partial charge in [0, 0.05) is 6.92 Å². The molecule has 1 aliphatic heterocycles. The third kappa shape index (κ3) is 1.71. The van der Waals surface area contributed by atoms with Crippen LogP contribution in [0, 0.1) is 6.92 Å². The molecule has 88 valence electrons. The van der Waals surface area contributed by atoms with Crippen LogP contribution in [0.25, 0.3) is 0 Å². The lowest BCUT2D eigenvalue weighted by Gasteiger charge is -2.05. The van der Waals surface area contributed by atoms with E-state index in [1.807, 2.05) is 0 Å². The first-order valence-corrected chi connectivity index (χ1v) is 6.55. The molecule has 2 rings (SSSR count). The van der Waals surface area contributed by atoms with E-state index in [1.54, 1.807) is 0 Å². The maximum absolute atomic E-state index is 11.7. The van der Waals surface area contributed by atoms with Crippen molar-refractivity contribution in [3.63, 3.8) is 0 Å². The second-order valence-corrected chi connectivity index (χ2v) is 6.05. The lowest BCUT2D eigenvalue weighted by molar-refractivity contribution is 0.0659. The van der Waals surface area contributed by atoms with Gasteiger partial charge >= 0.3 is 5.97 Å². The summed E-state index contributed by atoms with van der Waals surface area (Å²) in [5, 5.41) is 8.06. The van der Waals surface area contributed by atoms with Crippen molar-refractivity contribution in [1.29, 1.82) is 0 Å². The highest BCUT2D eigenvalue weighted by molar-refractivity contribution is 7.91. The lowest BCUT2D eigenvalue weighted by Crippen LogP contribution is -2.12. The van der Waals surface area contributed by atoms with Crippen molar-refractivity contribution in [2.24, 2.45) is 0 Å². The predicted octanol–water partition coefficient (Wildman–Crippen LogP) is 0.931. The van der Waals surface area contributed by atoms with Gasteiger partial charge in [-0.25, -0.2) is 18.2 Å². The van der Waals surface area contributed by atoms with Crippen molar-refractivity contribution >= 4 is 15.8 Å². The molecular weight excluding hydrogens is 234 g/mol. The fraction of sp³-hybridized carbons (Fsp3) is 0.556. The summed E-state index contributed by atoms with van der Waals surface area (Å²) in [4.78, 5) is 14.8. The zero-order valence-corrected chi connectivity index (χ0v) is 9.45. The van der Waals surface area contributed by atoms with Gasteiger partial charge in [-0.1, -0.05) is 0 Å². The van der Waals surface area contributed by atoms with Gasteiger partial charge in [-0.15, -0.1) is 0 Å². The number of aromatic nitrogens is 1. The smallest absolute Gasteiger partial charge is 0.373 e. The zero-order valence-electron chi connectivity index (χ0n) is 8.63. The van der Waals surface area contributed by atoms with Crippen molar-refractivity contribution in [2.45, 2.75) is 25.0 Å². The topological polar surface area (TPSA) is 97.5 Å². The summed E-state index contributed by atoms with van der Waals surface area (Å²) in [6.07, 6.45) is 0.951. The molecule has 2 heterocycles. The van der Waals surface area contributed by atoms with Crippen molar-refractivity contribution in [1.82, 2.24) is 4.98 Å². The monoisotopic (exact) mass is 245 g/mol. The molecule has 1 unspecified atom stereocenters. The number of carboxylic acids is 1. The molecule has 0 bridgehead atoms. The van der Waals surface area contributed by atoms with E-state index in [-0.39, 0.29) is 23.1 Å². The molecule has 0 amide bonds. The number of rotatable bonds is 2. The van der Waals surface area contributed by atoms with Crippen LogP contribution in [0.1, 0.15) is 40.2 Å². The Balaban J connectivity index is 2.52. The molecular formula is C9H11NO5S. The molecule has 0 spiro atoms. The fourth-order valence-corrected chi connectivity index (χ4v) is 3.79. The third-order valence-corrected chi connectivity index (χ3v) is 4.77. The van der Waals surface area contributed by atoms with Crippen molar-refractivity contribution < 1.29 is 22.7 Å². The van der Waals surface area contributed by atoms with Crippen LogP contribution in [0.2, 0.25) is 0 Å². The first-order valence-electron chi connectivity index (χ1n) is 4.84. The molecule has 16 heavy (non-hydrogen) atoms. The summed E-state index contributed by atoms with van der Waals surface area (Å²) in [6, 6.07) is 0. The van der Waals surface area contributed by atoms with Crippen LogP contribution in [0.3, 0.4) is 0 Å². The number of oxazole rings is 1. The van der Waals surface area contributed by atoms with Gasteiger partial charge in [-0.3, -0.25) is 0 Å². The third-order valence-electron chi connectivity index (χ3n) is 2.59. The molecule has 0 radical (unpaired) electrons. The van der Waals surface area contributed by atoms with Crippen LogP contribution < -0.4 is 0 Å². The molecule has 7 heteroatoms. The van der Waals surface area contributed by atoms with Gasteiger partial charge in [-0.05, 0) is 12.8 Å². The Hall–Kier alpha value is -1.37. The summed E-state index contributed by atoms with van der Waals surface area (Å²) in [5.74, 6) is -1.37. The summed E-state index contributed by atoms with van der Waals surface area (Å²) in [7, 11) is -3.27. The molecule has 6 nitrogen and oxygen atoms in total. The molecule has 1 N–H and O–H groups in total. The van der Waals surface area contributed by atoms with E-state index in [2.05, 4.69) is 4.98 Å². The zero-order chi connectivity index (χ0) is 11.9. The number of nitrogens with zero attached hydrogens (tertiary/aromatic N) is 1. The molecule has 1 fully saturated rings. The number of carboxylic acid groups (broad SMARTS) is 1. The van der Waals surface area contributed by atoms with Crippen LogP contribution in [-0.2, 0) is 9.84 Å². The average molecular weight is 245 g/mol. The van der Waals surface area contributed by atoms with Gasteiger partial charge in [-0.2, -0.15) is 0 Å². The Bertz CT molecular complexity index is 530. The second kappa shape index (κ2) is 3.58. The minimum absolute atomic E-state index is 0.0440. The molecule has 1 aromatic heterocycles. The van der Waals surface area contributed by atoms with Gasteiger partial charge in [0.15, 0.2) is 15.7 Å². The first-order chi connectivity index (χ1) is 7.42. The largest absolute Gasteiger partial charge is 0.475 e. The van der Waals surface area contributed by atoms with Gasteiger partial charge in [0.1, 0.15) is 10.9 Å². The molecule has 0 aromatic carbocycles. The van der Waals surface area contributed by atoms with E-state index in [1.165, 1.54) is 6.92 Å². The van der Waals surface area contributed by atoms with E-state index in [0.29, 0.717) is 12.8 Å². The number of aromatic carboxylic acids is 1. The van der Waals surface area contributed by atoms with E-state index in [0.717, 1.165) is 0 Å². The molecule has 1 aromatic rings. The van der Waals surface area contributed by atoms with Gasteiger partial charge in [0.05, 0.1) is 5.75 Å². The van der Waals surface area contributed by atoms with E-state index >= 15 is 0 Å². The van der Waals surface area contributed by atoms with Crippen LogP contribution in [-0.4, -0.2) is 30.2 Å². The summed E-state index contributed by atoms with van der Waals surface area (Å²) in [5.41, 5.74) is 0.0440. The number of carbonyl (C=O) groups is 1. The first kappa shape index (κ1) is 11.1. The number of sulfone groups is 1. The van der Waals surface area contributed by atoms with Crippen LogP contribution >= 0.6 is 0 Å². The second-order valence-electron chi connectivity index (χ2n) is 3.75. The predicted molar refractivity (Wildman–Crippen MR) is 54.0 cm³/mol. The number of hydrogen-bond donors (Lipinski definition) is 1. The van der Waals surface area contributed by atoms with Crippen LogP contribution in [0.15, 0.2) is 4.42 Å². The average Bonchev–Trinajstić information content (AvgIpc) is 2.68. The minimum Gasteiger partial charge on any atom is -0.475 e. The lowest BCUT2D eigenvalue weighted by atomic mass is 10.2. The number of hydrogen-bond acceptors (Lipinski definition) is 5. The normalized spacial score (nSPS) is 23.4. The van der Waals surface area contributed by atoms with Gasteiger partial charge < -0.3 is 9.52 Å². The Morgan fingerprint density at radius 2 is 2.25 bits per heavy atom. The van der Waals surface area contributed by atoms with Gasteiger partial charge in [0.25, 0.3) is 0 Å². The van der Waals surface area contributed by atoms with Crippen LogP contribution in [0.4, 0.5) is 0 Å². The molecule has 0 aliphatic carbocycles. The summed E-state index contributed by atoms with van der Waals surface area (Å²) >= 11 is 0. The Morgan fingerprint density at radius 1 is 1.56 bits per heavy atom. The number of aryl methyl sites for hydroxylation is 1. The van der Waals surface area contributed by atoms with Crippen molar-refractivity contribution in [3.05, 3.63) is 17.3 Å². The van der Waals surface area contributed by atoms with E-state index in [4.69, 9.17) is 9.52 Å². The van der Waals surface area contributed by atoms with Gasteiger partial charge in [0.2, 0.25) is 5.76 Å². The maximum atomic E-state index is 11.7. The molecule has 1 aliphatic rings. The quantitative estimate of drug-likeness (QED) is 0.832. The van der Waals surface area contributed by atoms with E-state index < -0.39 is 21.1 Å².